The molecule has 0 heterocycles. The molecule has 17 nitrogen and oxygen atoms in total. The number of unbranched alkanes of at least 4 members (excludes halogenated alkanes) is 45. The minimum atomic E-state index is -4.97. The largest absolute Gasteiger partial charge is 0.472 e. The zero-order chi connectivity index (χ0) is 71.8. The second kappa shape index (κ2) is 72.6. The summed E-state index contributed by atoms with van der Waals surface area (Å²) in [4.78, 5) is 72.9. The average Bonchev–Trinajstić information content (AvgIpc) is 0.977. The summed E-state index contributed by atoms with van der Waals surface area (Å²) >= 11 is 0. The van der Waals surface area contributed by atoms with E-state index in [0.29, 0.717) is 25.7 Å². The molecule has 0 aromatic heterocycles. The minimum absolute atomic E-state index is 0.0897. The number of hydrogen-bond donors (Lipinski definition) is 3. The molecule has 3 N–H and O–H groups in total. The molecule has 0 spiro atoms. The Morgan fingerprint density at radius 2 is 0.469 bits per heavy atom. The van der Waals surface area contributed by atoms with Crippen LogP contribution in [0.15, 0.2) is 36.5 Å². The zero-order valence-corrected chi connectivity index (χ0v) is 64.8. The maximum Gasteiger partial charge on any atom is 0.472 e. The Labute approximate surface area is 598 Å². The number of carbonyl (C=O) groups excluding carboxylic acids is 4. The third-order valence-electron chi connectivity index (χ3n) is 17.6. The second-order valence-electron chi connectivity index (χ2n) is 27.4. The highest BCUT2D eigenvalue weighted by Crippen LogP contribution is 2.45. The molecule has 0 fully saturated rings. The fourth-order valence-corrected chi connectivity index (χ4v) is 13.0. The van der Waals surface area contributed by atoms with Gasteiger partial charge in [-0.25, -0.2) is 9.13 Å². The van der Waals surface area contributed by atoms with E-state index in [2.05, 4.69) is 64.2 Å². The Kier molecular flexibility index (Phi) is 70.6. The molecule has 0 amide bonds. The summed E-state index contributed by atoms with van der Waals surface area (Å²) < 4.78 is 68.6. The van der Waals surface area contributed by atoms with Gasteiger partial charge in [0.05, 0.1) is 26.4 Å². The highest BCUT2D eigenvalue weighted by atomic mass is 31.2. The van der Waals surface area contributed by atoms with Gasteiger partial charge in [-0.15, -0.1) is 0 Å². The van der Waals surface area contributed by atoms with Crippen LogP contribution in [0.4, 0.5) is 0 Å². The quantitative estimate of drug-likeness (QED) is 0.0169. The number of aliphatic hydroxyl groups is 1. The lowest BCUT2D eigenvalue weighted by Crippen LogP contribution is -2.30. The number of rotatable bonds is 77. The van der Waals surface area contributed by atoms with E-state index >= 15 is 0 Å². The van der Waals surface area contributed by atoms with Gasteiger partial charge in [0.15, 0.2) is 12.2 Å². The highest BCUT2D eigenvalue weighted by Gasteiger charge is 2.30. The Morgan fingerprint density at radius 1 is 0.276 bits per heavy atom. The van der Waals surface area contributed by atoms with Crippen molar-refractivity contribution < 1.29 is 80.2 Å². The van der Waals surface area contributed by atoms with E-state index in [0.717, 1.165) is 141 Å². The number of ether oxygens (including phenoxy) is 4. The van der Waals surface area contributed by atoms with Gasteiger partial charge in [0.25, 0.3) is 0 Å². The van der Waals surface area contributed by atoms with Crippen molar-refractivity contribution in [2.45, 2.75) is 406 Å². The summed E-state index contributed by atoms with van der Waals surface area (Å²) in [5.74, 6) is -2.16. The molecule has 5 atom stereocenters. The molecule has 0 aliphatic heterocycles. The minimum Gasteiger partial charge on any atom is -0.462 e. The van der Waals surface area contributed by atoms with Crippen molar-refractivity contribution in [2.24, 2.45) is 0 Å². The van der Waals surface area contributed by atoms with E-state index in [-0.39, 0.29) is 25.7 Å². The number of esters is 4. The topological polar surface area (TPSA) is 237 Å². The first-order valence-corrected chi connectivity index (χ1v) is 43.2. The molecule has 0 saturated carbocycles. The Bertz CT molecular complexity index is 2000. The predicted molar refractivity (Wildman–Crippen MR) is 400 cm³/mol. The molecule has 0 aliphatic rings. The summed E-state index contributed by atoms with van der Waals surface area (Å²) in [5, 5.41) is 10.6. The van der Waals surface area contributed by atoms with Gasteiger partial charge in [-0.05, 0) is 103 Å². The van der Waals surface area contributed by atoms with E-state index < -0.39 is 97.5 Å². The molecule has 0 rings (SSSR count). The molecule has 576 valence electrons. The summed E-state index contributed by atoms with van der Waals surface area (Å²) in [6.45, 7) is 4.92. The molecule has 0 radical (unpaired) electrons. The van der Waals surface area contributed by atoms with Crippen LogP contribution in [-0.4, -0.2) is 96.7 Å². The van der Waals surface area contributed by atoms with Crippen LogP contribution in [-0.2, 0) is 65.4 Å². The average molecular weight is 1430 g/mol. The lowest BCUT2D eigenvalue weighted by atomic mass is 10.0. The van der Waals surface area contributed by atoms with Gasteiger partial charge < -0.3 is 33.8 Å². The molecular formula is C79H148O17P2. The summed E-state index contributed by atoms with van der Waals surface area (Å²) in [7, 11) is -9.93. The summed E-state index contributed by atoms with van der Waals surface area (Å²) in [5.41, 5.74) is 0. The summed E-state index contributed by atoms with van der Waals surface area (Å²) in [6, 6.07) is 0. The van der Waals surface area contributed by atoms with Crippen molar-refractivity contribution in [3.05, 3.63) is 36.5 Å². The first-order chi connectivity index (χ1) is 47.7. The molecule has 0 aromatic rings. The maximum absolute atomic E-state index is 13.1. The lowest BCUT2D eigenvalue weighted by molar-refractivity contribution is -0.161. The van der Waals surface area contributed by atoms with E-state index in [1.807, 2.05) is 0 Å². The molecule has 0 aliphatic carbocycles. The Morgan fingerprint density at radius 3 is 0.714 bits per heavy atom. The molecule has 0 bridgehead atoms. The van der Waals surface area contributed by atoms with E-state index in [1.54, 1.807) is 0 Å². The first-order valence-electron chi connectivity index (χ1n) is 40.2. The van der Waals surface area contributed by atoms with Crippen molar-refractivity contribution in [3.8, 4) is 0 Å². The highest BCUT2D eigenvalue weighted by molar-refractivity contribution is 7.47. The van der Waals surface area contributed by atoms with Gasteiger partial charge in [-0.3, -0.25) is 37.3 Å². The normalized spacial score (nSPS) is 14.1. The standard InChI is InChI=1S/C79H148O17P2/c1-5-9-13-17-21-25-29-33-36-40-44-48-52-56-60-64-77(82)90-70-75(96-79(84)66-62-58-54-50-46-42-38-35-31-27-23-19-15-11-7-3)72-94-98(87,88)92-68-73(80)67-91-97(85,86)93-71-74(69-89-76(81)63-59-55-51-47-43-39-32-28-24-20-16-12-8-4)95-78(83)65-61-57-53-49-45-41-37-34-30-26-22-18-14-10-6-2/h28,32-34,36-37,73-75,80H,5-27,29-31,35,38-72H2,1-4H3,(H,85,86)(H,87,88)/b32-28-,36-33-,37-34-/t73-,74+,75+/m0/s1. The van der Waals surface area contributed by atoms with E-state index in [9.17, 15) is 43.2 Å². The monoisotopic (exact) mass is 1430 g/mol. The molecule has 0 aromatic carbocycles. The van der Waals surface area contributed by atoms with Crippen LogP contribution in [0.5, 0.6) is 0 Å². The van der Waals surface area contributed by atoms with Gasteiger partial charge >= 0.3 is 39.5 Å². The van der Waals surface area contributed by atoms with Gasteiger partial charge in [-0.2, -0.15) is 0 Å². The van der Waals surface area contributed by atoms with Crippen molar-refractivity contribution in [2.75, 3.05) is 39.6 Å². The van der Waals surface area contributed by atoms with Gasteiger partial charge in [0.1, 0.15) is 19.3 Å². The number of phosphoric ester groups is 2. The number of aliphatic hydroxyl groups excluding tert-OH is 1. The number of allylic oxidation sites excluding steroid dienone is 6. The van der Waals surface area contributed by atoms with Crippen molar-refractivity contribution >= 4 is 39.5 Å². The number of hydrogen-bond acceptors (Lipinski definition) is 15. The number of carbonyl (C=O) groups is 4. The smallest absolute Gasteiger partial charge is 0.462 e. The van der Waals surface area contributed by atoms with Gasteiger partial charge in [-0.1, -0.05) is 295 Å². The second-order valence-corrected chi connectivity index (χ2v) is 30.3. The SMILES string of the molecule is CCCCCC/C=C\CCCCCCCC(=O)OC[C@H](COP(=O)(O)OC[C@H](O)COP(=O)(O)OC[C@@H](COC(=O)CCCCCCC/C=C\CCCCCCCC)OC(=O)CCCCCCCCCCCCCCCCC)OC(=O)CCCCCCC/C=C\CCCCCCCC. The van der Waals surface area contributed by atoms with E-state index in [4.69, 9.17) is 37.0 Å². The molecular weight excluding hydrogens is 1280 g/mol. The maximum atomic E-state index is 13.1. The Hall–Kier alpha value is -2.72. The van der Waals surface area contributed by atoms with Crippen LogP contribution in [0.25, 0.3) is 0 Å². The van der Waals surface area contributed by atoms with Gasteiger partial charge in [0.2, 0.25) is 0 Å². The fourth-order valence-electron chi connectivity index (χ4n) is 11.4. The number of phosphoric acid groups is 2. The van der Waals surface area contributed by atoms with E-state index in [1.165, 1.54) is 167 Å². The molecule has 98 heavy (non-hydrogen) atoms. The third-order valence-corrected chi connectivity index (χ3v) is 19.5. The zero-order valence-electron chi connectivity index (χ0n) is 63.0. The van der Waals surface area contributed by atoms with Crippen LogP contribution in [0.2, 0.25) is 0 Å². The predicted octanol–water partition coefficient (Wildman–Crippen LogP) is 23.1. The fraction of sp³-hybridized carbons (Fsp3) is 0.873. The lowest BCUT2D eigenvalue weighted by Gasteiger charge is -2.21. The van der Waals surface area contributed by atoms with Crippen LogP contribution in [0.3, 0.4) is 0 Å². The van der Waals surface area contributed by atoms with Crippen molar-refractivity contribution in [3.63, 3.8) is 0 Å². The van der Waals surface area contributed by atoms with Crippen LogP contribution < -0.4 is 0 Å². The summed E-state index contributed by atoms with van der Waals surface area (Å²) in [6.07, 6.45) is 68.3. The van der Waals surface area contributed by atoms with Gasteiger partial charge in [0, 0.05) is 25.7 Å². The van der Waals surface area contributed by atoms with Crippen LogP contribution >= 0.6 is 15.6 Å². The van der Waals surface area contributed by atoms with Crippen molar-refractivity contribution in [1.29, 1.82) is 0 Å². The molecule has 19 heteroatoms. The third kappa shape index (κ3) is 71.7. The first kappa shape index (κ1) is 95.3. The molecule has 0 saturated heterocycles. The van der Waals surface area contributed by atoms with Crippen LogP contribution in [0, 0.1) is 0 Å². The van der Waals surface area contributed by atoms with Crippen molar-refractivity contribution in [1.82, 2.24) is 0 Å². The van der Waals surface area contributed by atoms with Crippen LogP contribution in [0.1, 0.15) is 387 Å². The molecule has 2 unspecified atom stereocenters. The Balaban J connectivity index is 5.32.